The number of hydrogen-bond acceptors (Lipinski definition) is 4. The molecule has 0 saturated carbocycles. The van der Waals surface area contributed by atoms with Crippen LogP contribution in [0.25, 0.3) is 44.2 Å². The number of hydrogen-bond donors (Lipinski definition) is 0. The standard InChI is InChI=1S/C45H32N4/c1-49-44(35-13-6-3-7-14-35)47-43(34-11-4-2-5-12-34)48-45(49)36-25-19-31(20-26-36)37-27-28-42-38(29-37)16-10-18-41(42)33-23-21-32(22-24-33)40-17-9-8-15-39(40)30-46/h2-29,44H,1H3. The van der Waals surface area contributed by atoms with Crippen LogP contribution in [0.1, 0.15) is 28.4 Å². The number of benzene rings is 7. The Morgan fingerprint density at radius 2 is 1.12 bits per heavy atom. The lowest BCUT2D eigenvalue weighted by Crippen LogP contribution is -2.35. The van der Waals surface area contributed by atoms with Gasteiger partial charge >= 0.3 is 0 Å². The van der Waals surface area contributed by atoms with E-state index in [-0.39, 0.29) is 6.17 Å². The van der Waals surface area contributed by atoms with Gasteiger partial charge < -0.3 is 4.90 Å². The van der Waals surface area contributed by atoms with Crippen LogP contribution in [0.3, 0.4) is 0 Å². The first-order valence-electron chi connectivity index (χ1n) is 16.4. The normalized spacial score (nSPS) is 14.2. The molecule has 0 spiro atoms. The number of nitriles is 1. The molecule has 7 aromatic carbocycles. The van der Waals surface area contributed by atoms with Crippen molar-refractivity contribution in [3.05, 3.63) is 192 Å². The molecule has 49 heavy (non-hydrogen) atoms. The predicted octanol–water partition coefficient (Wildman–Crippen LogP) is 10.6. The first-order valence-corrected chi connectivity index (χ1v) is 16.4. The molecule has 4 heteroatoms. The Morgan fingerprint density at radius 1 is 0.531 bits per heavy atom. The maximum atomic E-state index is 9.56. The van der Waals surface area contributed by atoms with Gasteiger partial charge in [0.05, 0.1) is 11.6 Å². The second kappa shape index (κ2) is 12.9. The molecule has 1 aliphatic rings. The molecule has 232 valence electrons. The van der Waals surface area contributed by atoms with Gasteiger partial charge in [0.25, 0.3) is 0 Å². The van der Waals surface area contributed by atoms with Crippen molar-refractivity contribution in [1.29, 1.82) is 5.26 Å². The quantitative estimate of drug-likeness (QED) is 0.184. The van der Waals surface area contributed by atoms with Gasteiger partial charge in [-0.2, -0.15) is 5.26 Å². The van der Waals surface area contributed by atoms with E-state index in [1.54, 1.807) is 0 Å². The van der Waals surface area contributed by atoms with E-state index in [0.717, 1.165) is 56.2 Å². The number of nitrogens with zero attached hydrogens (tertiary/aromatic N) is 4. The van der Waals surface area contributed by atoms with Crippen molar-refractivity contribution < 1.29 is 0 Å². The zero-order valence-corrected chi connectivity index (χ0v) is 27.0. The molecule has 1 unspecified atom stereocenters. The third-order valence-electron chi connectivity index (χ3n) is 9.20. The second-order valence-corrected chi connectivity index (χ2v) is 12.2. The van der Waals surface area contributed by atoms with E-state index in [0.29, 0.717) is 5.56 Å². The molecular formula is C45H32N4. The minimum Gasteiger partial charge on any atom is -0.333 e. The monoisotopic (exact) mass is 628 g/mol. The summed E-state index contributed by atoms with van der Waals surface area (Å²) in [6, 6.07) is 61.0. The Kier molecular flexibility index (Phi) is 7.85. The Balaban J connectivity index is 1.09. The molecule has 0 fully saturated rings. The van der Waals surface area contributed by atoms with Gasteiger partial charge in [0.2, 0.25) is 0 Å². The Bertz CT molecular complexity index is 2390. The summed E-state index contributed by atoms with van der Waals surface area (Å²) >= 11 is 0. The van der Waals surface area contributed by atoms with E-state index in [4.69, 9.17) is 9.98 Å². The molecule has 0 saturated heterocycles. The van der Waals surface area contributed by atoms with Crippen LogP contribution in [0.15, 0.2) is 180 Å². The third-order valence-corrected chi connectivity index (χ3v) is 9.20. The molecule has 1 aliphatic heterocycles. The highest BCUT2D eigenvalue weighted by atomic mass is 15.3. The van der Waals surface area contributed by atoms with Crippen molar-refractivity contribution >= 4 is 22.4 Å². The first kappa shape index (κ1) is 29.8. The molecule has 7 aromatic rings. The van der Waals surface area contributed by atoms with Gasteiger partial charge in [-0.1, -0.05) is 158 Å². The van der Waals surface area contributed by atoms with Crippen LogP contribution < -0.4 is 0 Å². The van der Waals surface area contributed by atoms with Gasteiger partial charge in [-0.3, -0.25) is 0 Å². The summed E-state index contributed by atoms with van der Waals surface area (Å²) in [5, 5.41) is 11.9. The van der Waals surface area contributed by atoms with Crippen LogP contribution in [0, 0.1) is 11.3 Å². The fraction of sp³-hybridized carbons (Fsp3) is 0.0444. The Hall–Kier alpha value is -6.57. The van der Waals surface area contributed by atoms with Gasteiger partial charge in [0.15, 0.2) is 5.84 Å². The van der Waals surface area contributed by atoms with Gasteiger partial charge in [-0.25, -0.2) is 9.98 Å². The molecular weight excluding hydrogens is 597 g/mol. The molecule has 0 aromatic heterocycles. The number of aliphatic imine (C=N–C) groups is 2. The molecule has 0 N–H and O–H groups in total. The summed E-state index contributed by atoms with van der Waals surface area (Å²) < 4.78 is 0. The molecule has 0 bridgehead atoms. The van der Waals surface area contributed by atoms with E-state index in [1.165, 1.54) is 16.3 Å². The van der Waals surface area contributed by atoms with E-state index in [9.17, 15) is 5.26 Å². The summed E-state index contributed by atoms with van der Waals surface area (Å²) in [6.07, 6.45) is -0.178. The molecule has 1 atom stereocenters. The first-order chi connectivity index (χ1) is 24.2. The largest absolute Gasteiger partial charge is 0.333 e. The third kappa shape index (κ3) is 5.79. The average molecular weight is 629 g/mol. The highest BCUT2D eigenvalue weighted by molar-refractivity contribution is 6.13. The molecule has 0 amide bonds. The summed E-state index contributed by atoms with van der Waals surface area (Å²) in [7, 11) is 2.06. The Morgan fingerprint density at radius 3 is 1.86 bits per heavy atom. The van der Waals surface area contributed by atoms with Crippen molar-refractivity contribution in [1.82, 2.24) is 4.90 Å². The molecule has 0 radical (unpaired) electrons. The summed E-state index contributed by atoms with van der Waals surface area (Å²) in [5.41, 5.74) is 10.5. The van der Waals surface area contributed by atoms with Crippen molar-refractivity contribution in [3.63, 3.8) is 0 Å². The van der Waals surface area contributed by atoms with E-state index < -0.39 is 0 Å². The summed E-state index contributed by atoms with van der Waals surface area (Å²) in [4.78, 5) is 12.3. The fourth-order valence-corrected chi connectivity index (χ4v) is 6.63. The van der Waals surface area contributed by atoms with Crippen molar-refractivity contribution in [2.75, 3.05) is 7.05 Å². The van der Waals surface area contributed by atoms with Crippen LogP contribution >= 0.6 is 0 Å². The number of fused-ring (bicyclic) bond motifs is 1. The minimum atomic E-state index is -0.178. The van der Waals surface area contributed by atoms with Gasteiger partial charge in [-0.15, -0.1) is 0 Å². The van der Waals surface area contributed by atoms with Crippen LogP contribution in [-0.4, -0.2) is 23.6 Å². The van der Waals surface area contributed by atoms with Gasteiger partial charge in [-0.05, 0) is 61.8 Å². The highest BCUT2D eigenvalue weighted by Crippen LogP contribution is 2.34. The van der Waals surface area contributed by atoms with Crippen molar-refractivity contribution in [2.45, 2.75) is 6.17 Å². The minimum absolute atomic E-state index is 0.178. The smallest absolute Gasteiger partial charge is 0.159 e. The average Bonchev–Trinajstić information content (AvgIpc) is 3.18. The van der Waals surface area contributed by atoms with E-state index in [1.807, 2.05) is 48.5 Å². The van der Waals surface area contributed by atoms with Gasteiger partial charge in [0.1, 0.15) is 12.0 Å². The van der Waals surface area contributed by atoms with Crippen LogP contribution in [-0.2, 0) is 0 Å². The molecule has 8 rings (SSSR count). The number of amidine groups is 2. The maximum Gasteiger partial charge on any atom is 0.159 e. The zero-order valence-electron chi connectivity index (χ0n) is 27.0. The molecule has 0 aliphatic carbocycles. The lowest BCUT2D eigenvalue weighted by atomic mass is 9.93. The molecule has 1 heterocycles. The SMILES string of the molecule is CN1C(c2ccc(-c3ccc4c(-c5ccc(-c6ccccc6C#N)cc5)cccc4c3)cc2)=NC(c2ccccc2)=NC1c1ccccc1. The predicted molar refractivity (Wildman–Crippen MR) is 201 cm³/mol. The van der Waals surface area contributed by atoms with Crippen molar-refractivity contribution in [3.8, 4) is 39.4 Å². The van der Waals surface area contributed by atoms with Crippen LogP contribution in [0.5, 0.6) is 0 Å². The lowest BCUT2D eigenvalue weighted by molar-refractivity contribution is 0.383. The zero-order chi connectivity index (χ0) is 33.2. The highest BCUT2D eigenvalue weighted by Gasteiger charge is 2.26. The second-order valence-electron chi connectivity index (χ2n) is 12.2. The van der Waals surface area contributed by atoms with Crippen molar-refractivity contribution in [2.24, 2.45) is 9.98 Å². The molecule has 4 nitrogen and oxygen atoms in total. The van der Waals surface area contributed by atoms with E-state index >= 15 is 0 Å². The topological polar surface area (TPSA) is 51.8 Å². The number of rotatable bonds is 6. The summed E-state index contributed by atoms with van der Waals surface area (Å²) in [6.45, 7) is 0. The van der Waals surface area contributed by atoms with Crippen LogP contribution in [0.4, 0.5) is 0 Å². The lowest BCUT2D eigenvalue weighted by Gasteiger charge is -2.32. The maximum absolute atomic E-state index is 9.56. The van der Waals surface area contributed by atoms with Gasteiger partial charge in [0, 0.05) is 18.2 Å². The Labute approximate surface area is 286 Å². The van der Waals surface area contributed by atoms with Crippen LogP contribution in [0.2, 0.25) is 0 Å². The summed E-state index contributed by atoms with van der Waals surface area (Å²) in [5.74, 6) is 1.62. The fourth-order valence-electron chi connectivity index (χ4n) is 6.63. The van der Waals surface area contributed by atoms with E-state index in [2.05, 4.69) is 139 Å².